The van der Waals surface area contributed by atoms with E-state index >= 15 is 0 Å². The molecule has 1 nitrogen and oxygen atoms in total. The van der Waals surface area contributed by atoms with Gasteiger partial charge < -0.3 is 0 Å². The summed E-state index contributed by atoms with van der Waals surface area (Å²) in [6.45, 7) is 0.971. The van der Waals surface area contributed by atoms with E-state index in [-0.39, 0.29) is 0 Å². The predicted molar refractivity (Wildman–Crippen MR) is 50.8 cm³/mol. The molecule has 2 heteroatoms. The van der Waals surface area contributed by atoms with Gasteiger partial charge in [-0.25, -0.2) is 0 Å². The summed E-state index contributed by atoms with van der Waals surface area (Å²) in [5.74, 6) is 0. The molecule has 64 valence electrons. The van der Waals surface area contributed by atoms with Crippen molar-refractivity contribution in [2.24, 2.45) is 0 Å². The van der Waals surface area contributed by atoms with Gasteiger partial charge in [0.1, 0.15) is 0 Å². The van der Waals surface area contributed by atoms with E-state index < -0.39 is 0 Å². The molecule has 1 atom stereocenters. The van der Waals surface area contributed by atoms with Crippen LogP contribution in [0, 0.1) is 0 Å². The Hall–Kier alpha value is -0.301. The Morgan fingerprint density at radius 2 is 2.08 bits per heavy atom. The molecule has 0 bridgehead atoms. The quantitative estimate of drug-likeness (QED) is 0.689. The number of hydrogen-bond acceptors (Lipinski definition) is 1. The molecule has 1 aliphatic heterocycles. The monoisotopic (exact) mass is 228 g/mol. The molecule has 1 heterocycles. The van der Waals surface area contributed by atoms with Gasteiger partial charge in [0.05, 0.1) is 0 Å². The third kappa shape index (κ3) is 2.10. The van der Waals surface area contributed by atoms with Crippen molar-refractivity contribution >= 4 is 19.4 Å². The number of hydrogen-bond donors (Lipinski definition) is 0. The van der Waals surface area contributed by atoms with E-state index in [1.54, 1.807) is 0 Å². The molecule has 1 aliphatic rings. The van der Waals surface area contributed by atoms with E-state index in [1.165, 1.54) is 17.3 Å². The summed E-state index contributed by atoms with van der Waals surface area (Å²) in [5, 5.41) is 0.542. The fraction of sp³-hybridized carbons (Fsp3) is 0.400. The molecule has 2 rings (SSSR count). The van der Waals surface area contributed by atoms with E-state index in [9.17, 15) is 0 Å². The van der Waals surface area contributed by atoms with E-state index in [2.05, 4.69) is 30.3 Å². The first-order valence-corrected chi connectivity index (χ1v) is 6.13. The topological polar surface area (TPSA) is 9.23 Å². The van der Waals surface area contributed by atoms with Crippen LogP contribution in [0.4, 0.5) is 0 Å². The van der Waals surface area contributed by atoms with E-state index in [0.717, 1.165) is 6.61 Å². The normalized spacial score (nSPS) is 22.8. The summed E-state index contributed by atoms with van der Waals surface area (Å²) in [4.78, 5) is 0. The SMILES string of the molecule is c1ccc([Se]C2CCCO2)cc1. The maximum atomic E-state index is 5.58. The van der Waals surface area contributed by atoms with Crippen LogP contribution in [0.3, 0.4) is 0 Å². The van der Waals surface area contributed by atoms with E-state index in [1.807, 2.05) is 0 Å². The van der Waals surface area contributed by atoms with Gasteiger partial charge in [-0.15, -0.1) is 0 Å². The van der Waals surface area contributed by atoms with Crippen molar-refractivity contribution < 1.29 is 4.74 Å². The molecular formula is C10H12OSe. The Morgan fingerprint density at radius 1 is 1.25 bits per heavy atom. The third-order valence-electron chi connectivity index (χ3n) is 1.90. The van der Waals surface area contributed by atoms with Gasteiger partial charge in [0.15, 0.2) is 0 Å². The van der Waals surface area contributed by atoms with Crippen LogP contribution in [-0.2, 0) is 4.74 Å². The Labute approximate surface area is 79.3 Å². The zero-order chi connectivity index (χ0) is 8.23. The van der Waals surface area contributed by atoms with Crippen molar-refractivity contribution in [3.05, 3.63) is 30.3 Å². The predicted octanol–water partition coefficient (Wildman–Crippen LogP) is 1.15. The second-order valence-electron chi connectivity index (χ2n) is 2.87. The van der Waals surface area contributed by atoms with Gasteiger partial charge in [0.2, 0.25) is 0 Å². The zero-order valence-electron chi connectivity index (χ0n) is 6.90. The van der Waals surface area contributed by atoms with E-state index in [0.29, 0.717) is 20.0 Å². The second-order valence-corrected chi connectivity index (χ2v) is 5.46. The summed E-state index contributed by atoms with van der Waals surface area (Å²) in [7, 11) is 0. The minimum atomic E-state index is 0.526. The average molecular weight is 227 g/mol. The van der Waals surface area contributed by atoms with Crippen LogP contribution in [0.2, 0.25) is 0 Å². The second kappa shape index (κ2) is 4.08. The molecule has 1 unspecified atom stereocenters. The fourth-order valence-corrected chi connectivity index (χ4v) is 3.53. The van der Waals surface area contributed by atoms with E-state index in [4.69, 9.17) is 4.74 Å². The molecule has 12 heavy (non-hydrogen) atoms. The van der Waals surface area contributed by atoms with Crippen LogP contribution in [0.15, 0.2) is 30.3 Å². The first kappa shape index (κ1) is 8.30. The molecule has 0 spiro atoms. The van der Waals surface area contributed by atoms with Crippen LogP contribution in [0.25, 0.3) is 0 Å². The molecule has 1 saturated heterocycles. The summed E-state index contributed by atoms with van der Waals surface area (Å²) < 4.78 is 7.04. The molecule has 0 aliphatic carbocycles. The van der Waals surface area contributed by atoms with Gasteiger partial charge in [0.25, 0.3) is 0 Å². The molecule has 0 aromatic heterocycles. The standard InChI is InChI=1S/C10H12OSe/c1-2-5-9(6-3-1)12-10-7-4-8-11-10/h1-3,5-6,10H,4,7-8H2. The molecule has 0 radical (unpaired) electrons. The summed E-state index contributed by atoms with van der Waals surface area (Å²) in [6, 6.07) is 10.7. The van der Waals surface area contributed by atoms with Crippen LogP contribution < -0.4 is 4.46 Å². The van der Waals surface area contributed by atoms with Crippen LogP contribution in [0.1, 0.15) is 12.8 Å². The number of rotatable bonds is 2. The molecule has 1 fully saturated rings. The molecule has 0 N–H and O–H groups in total. The number of ether oxygens (including phenoxy) is 1. The zero-order valence-corrected chi connectivity index (χ0v) is 8.61. The van der Waals surface area contributed by atoms with Crippen LogP contribution in [-0.4, -0.2) is 26.6 Å². The summed E-state index contributed by atoms with van der Waals surface area (Å²) in [6.07, 6.45) is 2.51. The van der Waals surface area contributed by atoms with Crippen LogP contribution >= 0.6 is 0 Å². The van der Waals surface area contributed by atoms with Crippen molar-refractivity contribution in [2.45, 2.75) is 17.8 Å². The Bertz CT molecular complexity index is 229. The van der Waals surface area contributed by atoms with Crippen molar-refractivity contribution in [1.82, 2.24) is 0 Å². The van der Waals surface area contributed by atoms with Gasteiger partial charge in [-0.1, -0.05) is 0 Å². The van der Waals surface area contributed by atoms with Crippen molar-refractivity contribution in [2.75, 3.05) is 6.61 Å². The molecule has 0 amide bonds. The van der Waals surface area contributed by atoms with Gasteiger partial charge in [-0.2, -0.15) is 0 Å². The minimum absolute atomic E-state index is 0.526. The first-order chi connectivity index (χ1) is 5.95. The van der Waals surface area contributed by atoms with Gasteiger partial charge in [-0.05, 0) is 0 Å². The average Bonchev–Trinajstić information content (AvgIpc) is 2.59. The Kier molecular flexibility index (Phi) is 2.83. The van der Waals surface area contributed by atoms with Crippen molar-refractivity contribution in [3.8, 4) is 0 Å². The summed E-state index contributed by atoms with van der Waals surface area (Å²) in [5.41, 5.74) is 0. The van der Waals surface area contributed by atoms with Crippen LogP contribution in [0.5, 0.6) is 0 Å². The van der Waals surface area contributed by atoms with Gasteiger partial charge in [-0.3, -0.25) is 0 Å². The molecular weight excluding hydrogens is 215 g/mol. The number of benzene rings is 1. The Balaban J connectivity index is 1.94. The molecule has 0 saturated carbocycles. The van der Waals surface area contributed by atoms with Gasteiger partial charge in [0, 0.05) is 0 Å². The fourth-order valence-electron chi connectivity index (χ4n) is 1.29. The van der Waals surface area contributed by atoms with Crippen molar-refractivity contribution in [1.29, 1.82) is 0 Å². The third-order valence-corrected chi connectivity index (χ3v) is 4.37. The Morgan fingerprint density at radius 3 is 2.75 bits per heavy atom. The maximum absolute atomic E-state index is 5.58. The molecule has 1 aromatic carbocycles. The van der Waals surface area contributed by atoms with Gasteiger partial charge >= 0.3 is 78.9 Å². The summed E-state index contributed by atoms with van der Waals surface area (Å²) >= 11 is 0.526. The molecule has 1 aromatic rings. The van der Waals surface area contributed by atoms with Crippen molar-refractivity contribution in [3.63, 3.8) is 0 Å². The first-order valence-electron chi connectivity index (χ1n) is 4.28.